The number of benzene rings is 1. The number of carboxylic acids is 1. The molecule has 0 aliphatic heterocycles. The van der Waals surface area contributed by atoms with Crippen molar-refractivity contribution in [2.75, 3.05) is 25.1 Å². The number of nitrogens with one attached hydrogen (secondary N) is 4. The van der Waals surface area contributed by atoms with E-state index in [1.807, 2.05) is 30.5 Å². The van der Waals surface area contributed by atoms with Crippen molar-refractivity contribution in [1.82, 2.24) is 20.9 Å². The van der Waals surface area contributed by atoms with Crippen molar-refractivity contribution >= 4 is 46.4 Å². The molecule has 1 heterocycles. The Hall–Kier alpha value is -3.09. The summed E-state index contributed by atoms with van der Waals surface area (Å²) in [7, 11) is 0. The van der Waals surface area contributed by atoms with E-state index >= 15 is 0 Å². The van der Waals surface area contributed by atoms with Crippen LogP contribution in [0.1, 0.15) is 31.2 Å². The highest BCUT2D eigenvalue weighted by molar-refractivity contribution is 7.98. The fourth-order valence-electron chi connectivity index (χ4n) is 3.70. The number of unbranched alkanes of at least 4 members (excludes halogenated alkanes) is 1. The largest absolute Gasteiger partial charge is 0.480 e. The number of fused-ring (bicyclic) bond motifs is 1. The second-order valence-corrected chi connectivity index (χ2v) is 9.46. The van der Waals surface area contributed by atoms with Gasteiger partial charge in [0.2, 0.25) is 17.7 Å². The predicted molar refractivity (Wildman–Crippen MR) is 140 cm³/mol. The average Bonchev–Trinajstić information content (AvgIpc) is 3.27. The molecule has 0 saturated heterocycles. The molecular formula is C24H36N6O5S. The third kappa shape index (κ3) is 9.17. The van der Waals surface area contributed by atoms with Gasteiger partial charge in [-0.2, -0.15) is 11.8 Å². The van der Waals surface area contributed by atoms with E-state index in [2.05, 4.69) is 20.9 Å². The first kappa shape index (κ1) is 29.1. The molecule has 0 bridgehead atoms. The van der Waals surface area contributed by atoms with Gasteiger partial charge in [0, 0.05) is 23.5 Å². The quantitative estimate of drug-likeness (QED) is 0.151. The summed E-state index contributed by atoms with van der Waals surface area (Å²) < 4.78 is 0. The van der Waals surface area contributed by atoms with Gasteiger partial charge in [-0.05, 0) is 55.9 Å². The van der Waals surface area contributed by atoms with Gasteiger partial charge in [-0.1, -0.05) is 18.2 Å². The first-order chi connectivity index (χ1) is 17.3. The number of aromatic amines is 1. The number of rotatable bonds is 16. The van der Waals surface area contributed by atoms with E-state index in [1.165, 1.54) is 0 Å². The van der Waals surface area contributed by atoms with Gasteiger partial charge in [-0.3, -0.25) is 19.2 Å². The minimum atomic E-state index is -1.20. The van der Waals surface area contributed by atoms with Crippen LogP contribution in [0.15, 0.2) is 30.5 Å². The van der Waals surface area contributed by atoms with E-state index in [4.69, 9.17) is 16.6 Å². The van der Waals surface area contributed by atoms with Crippen LogP contribution in [0.5, 0.6) is 0 Å². The number of hydrogen-bond donors (Lipinski definition) is 7. The van der Waals surface area contributed by atoms with Crippen molar-refractivity contribution in [2.45, 2.75) is 50.2 Å². The van der Waals surface area contributed by atoms with Crippen molar-refractivity contribution in [3.8, 4) is 0 Å². The van der Waals surface area contributed by atoms with Crippen molar-refractivity contribution < 1.29 is 24.3 Å². The number of carbonyl (C=O) groups excluding carboxylic acids is 3. The summed E-state index contributed by atoms with van der Waals surface area (Å²) in [5.41, 5.74) is 13.2. The second-order valence-electron chi connectivity index (χ2n) is 8.47. The molecular weight excluding hydrogens is 484 g/mol. The summed E-state index contributed by atoms with van der Waals surface area (Å²) in [4.78, 5) is 52.8. The van der Waals surface area contributed by atoms with E-state index in [0.717, 1.165) is 16.5 Å². The van der Waals surface area contributed by atoms with Crippen LogP contribution in [0.2, 0.25) is 0 Å². The van der Waals surface area contributed by atoms with E-state index < -0.39 is 48.4 Å². The summed E-state index contributed by atoms with van der Waals surface area (Å²) >= 11 is 1.57. The zero-order valence-electron chi connectivity index (χ0n) is 20.4. The highest BCUT2D eigenvalue weighted by Gasteiger charge is 2.28. The molecule has 1 aromatic heterocycles. The van der Waals surface area contributed by atoms with Gasteiger partial charge in [0.05, 0.1) is 6.04 Å². The normalized spacial score (nSPS) is 13.5. The van der Waals surface area contributed by atoms with E-state index in [1.54, 1.807) is 18.0 Å². The van der Waals surface area contributed by atoms with Crippen molar-refractivity contribution in [3.05, 3.63) is 36.0 Å². The van der Waals surface area contributed by atoms with Crippen LogP contribution < -0.4 is 27.4 Å². The number of nitrogens with two attached hydrogens (primary N) is 2. The minimum Gasteiger partial charge on any atom is -0.480 e. The first-order valence-corrected chi connectivity index (χ1v) is 13.3. The lowest BCUT2D eigenvalue weighted by Gasteiger charge is -2.24. The van der Waals surface area contributed by atoms with Crippen LogP contribution in [0.4, 0.5) is 0 Å². The van der Waals surface area contributed by atoms with E-state index in [0.29, 0.717) is 38.0 Å². The average molecular weight is 521 g/mol. The lowest BCUT2D eigenvalue weighted by Crippen LogP contribution is -2.56. The number of H-pyrrole nitrogens is 1. The molecule has 3 unspecified atom stereocenters. The Balaban J connectivity index is 2.20. The minimum absolute atomic E-state index is 0.123. The Morgan fingerprint density at radius 3 is 2.44 bits per heavy atom. The van der Waals surface area contributed by atoms with Crippen LogP contribution in [0, 0.1) is 0 Å². The third-order valence-electron chi connectivity index (χ3n) is 5.70. The number of thioether (sulfide) groups is 1. The molecule has 0 spiro atoms. The van der Waals surface area contributed by atoms with Crippen molar-refractivity contribution in [1.29, 1.82) is 0 Å². The van der Waals surface area contributed by atoms with E-state index in [9.17, 15) is 19.2 Å². The van der Waals surface area contributed by atoms with Crippen LogP contribution in [-0.2, 0) is 25.6 Å². The molecule has 3 atom stereocenters. The molecule has 0 aliphatic rings. The van der Waals surface area contributed by atoms with Crippen LogP contribution in [-0.4, -0.2) is 77.0 Å². The van der Waals surface area contributed by atoms with Gasteiger partial charge >= 0.3 is 5.97 Å². The van der Waals surface area contributed by atoms with Gasteiger partial charge in [-0.25, -0.2) is 0 Å². The fourth-order valence-corrected chi connectivity index (χ4v) is 4.19. The highest BCUT2D eigenvalue weighted by Crippen LogP contribution is 2.19. The molecule has 0 saturated carbocycles. The van der Waals surface area contributed by atoms with Crippen LogP contribution in [0.25, 0.3) is 10.9 Å². The number of para-hydroxylation sites is 1. The molecule has 198 valence electrons. The molecule has 1 aromatic carbocycles. The molecule has 36 heavy (non-hydrogen) atoms. The molecule has 2 rings (SSSR count). The Bertz CT molecular complexity index is 1030. The van der Waals surface area contributed by atoms with Crippen molar-refractivity contribution in [3.63, 3.8) is 0 Å². The number of aromatic nitrogens is 1. The van der Waals surface area contributed by atoms with Crippen molar-refractivity contribution in [2.24, 2.45) is 11.5 Å². The number of carboxylic acid groups (broad SMARTS) is 1. The van der Waals surface area contributed by atoms with Gasteiger partial charge in [0.15, 0.2) is 0 Å². The summed E-state index contributed by atoms with van der Waals surface area (Å²) in [5, 5.41) is 17.6. The standard InChI is InChI=1S/C24H36N6O5S/c1-36-11-9-17(26)22(33)29-19(8-4-5-10-25)24(35)30-20(23(34)28-14-21(31)32)12-15-13-27-18-7-3-2-6-16(15)18/h2-3,6-7,13,17,19-20,27H,4-5,8-12,14,25-26H2,1H3,(H,28,34)(H,29,33)(H,30,35)(H,31,32). The van der Waals surface area contributed by atoms with E-state index in [-0.39, 0.29) is 6.42 Å². The molecule has 0 aliphatic carbocycles. The highest BCUT2D eigenvalue weighted by atomic mass is 32.2. The van der Waals surface area contributed by atoms with Gasteiger partial charge in [0.25, 0.3) is 0 Å². The third-order valence-corrected chi connectivity index (χ3v) is 6.34. The summed E-state index contributed by atoms with van der Waals surface area (Å²) in [6.45, 7) is -0.143. The van der Waals surface area contributed by atoms with Crippen LogP contribution in [0.3, 0.4) is 0 Å². The molecule has 11 nitrogen and oxygen atoms in total. The second kappa shape index (κ2) is 15.1. The summed E-state index contributed by atoms with van der Waals surface area (Å²) in [6.07, 6.45) is 5.82. The zero-order valence-corrected chi connectivity index (χ0v) is 21.2. The Kier molecular flexibility index (Phi) is 12.2. The number of carbonyl (C=O) groups is 4. The SMILES string of the molecule is CSCCC(N)C(=O)NC(CCCCN)C(=O)NC(Cc1c[nH]c2ccccc12)C(=O)NCC(=O)O. The maximum atomic E-state index is 13.2. The number of hydrogen-bond acceptors (Lipinski definition) is 7. The van der Waals surface area contributed by atoms with Gasteiger partial charge in [-0.15, -0.1) is 0 Å². The lowest BCUT2D eigenvalue weighted by atomic mass is 10.0. The van der Waals surface area contributed by atoms with Gasteiger partial charge < -0.3 is 37.5 Å². The maximum absolute atomic E-state index is 13.2. The Labute approximate surface area is 214 Å². The molecule has 0 radical (unpaired) electrons. The smallest absolute Gasteiger partial charge is 0.322 e. The molecule has 12 heteroatoms. The summed E-state index contributed by atoms with van der Waals surface area (Å²) in [5.74, 6) is -2.13. The zero-order chi connectivity index (χ0) is 26.5. The topological polar surface area (TPSA) is 192 Å². The Morgan fingerprint density at radius 1 is 1.03 bits per heavy atom. The first-order valence-electron chi connectivity index (χ1n) is 11.9. The Morgan fingerprint density at radius 2 is 1.75 bits per heavy atom. The maximum Gasteiger partial charge on any atom is 0.322 e. The van der Waals surface area contributed by atoms with Crippen LogP contribution >= 0.6 is 11.8 Å². The lowest BCUT2D eigenvalue weighted by molar-refractivity contribution is -0.138. The predicted octanol–water partition coefficient (Wildman–Crippen LogP) is 0.0902. The monoisotopic (exact) mass is 520 g/mol. The number of aliphatic carboxylic acids is 1. The molecule has 2 aromatic rings. The fraction of sp³-hybridized carbons (Fsp3) is 0.500. The number of amides is 3. The van der Waals surface area contributed by atoms with Gasteiger partial charge in [0.1, 0.15) is 18.6 Å². The summed E-state index contributed by atoms with van der Waals surface area (Å²) in [6, 6.07) is 4.78. The molecule has 3 amide bonds. The molecule has 0 fully saturated rings. The molecule has 9 N–H and O–H groups in total.